The first kappa shape index (κ1) is 25.4. The lowest BCUT2D eigenvalue weighted by molar-refractivity contribution is -0.123. The first-order chi connectivity index (χ1) is 19.9. The van der Waals surface area contributed by atoms with E-state index in [2.05, 4.69) is 15.9 Å². The zero-order chi connectivity index (χ0) is 28.2. The molecule has 6 nitrogen and oxygen atoms in total. The highest BCUT2D eigenvalue weighted by Gasteiger charge is 2.63. The number of allylic oxidation sites excluding steroid dienone is 2. The second kappa shape index (κ2) is 9.78. The van der Waals surface area contributed by atoms with E-state index in [9.17, 15) is 19.2 Å². The number of imide groups is 1. The second-order valence-electron chi connectivity index (χ2n) is 10.4. The third-order valence-corrected chi connectivity index (χ3v) is 8.78. The Morgan fingerprint density at radius 3 is 2.17 bits per heavy atom. The van der Waals surface area contributed by atoms with Gasteiger partial charge in [-0.25, -0.2) is 4.90 Å². The zero-order valence-electron chi connectivity index (χ0n) is 21.7. The first-order valence-corrected chi connectivity index (χ1v) is 14.2. The summed E-state index contributed by atoms with van der Waals surface area (Å²) >= 11 is 3.41. The lowest BCUT2D eigenvalue weighted by Crippen LogP contribution is -2.46. The Bertz CT molecular complexity index is 1810. The fourth-order valence-corrected chi connectivity index (χ4v) is 6.64. The molecule has 4 aromatic carbocycles. The number of halogens is 1. The molecule has 0 saturated carbocycles. The Morgan fingerprint density at radius 2 is 1.39 bits per heavy atom. The summed E-state index contributed by atoms with van der Waals surface area (Å²) < 4.78 is 0.829. The second-order valence-corrected chi connectivity index (χ2v) is 11.4. The molecule has 7 rings (SSSR count). The highest BCUT2D eigenvalue weighted by Crippen LogP contribution is 2.48. The van der Waals surface area contributed by atoms with Crippen LogP contribution in [0, 0.1) is 11.8 Å². The van der Waals surface area contributed by atoms with Crippen LogP contribution in [-0.2, 0) is 9.59 Å². The van der Waals surface area contributed by atoms with Crippen molar-refractivity contribution in [1.29, 1.82) is 0 Å². The average molecular weight is 603 g/mol. The van der Waals surface area contributed by atoms with Crippen LogP contribution >= 0.6 is 15.9 Å². The maximum atomic E-state index is 14.2. The predicted molar refractivity (Wildman–Crippen MR) is 159 cm³/mol. The van der Waals surface area contributed by atoms with Crippen LogP contribution in [0.15, 0.2) is 125 Å². The summed E-state index contributed by atoms with van der Waals surface area (Å²) in [7, 11) is 0. The standard InChI is InChI=1S/C34H23BrN2O4/c35-24-15-13-22(14-16-24)32(39)30-29-28(27-19-23(17-18-36(27)30)31(38)21-8-2-1-3-9-21)33(40)37(34(29)41)26-12-6-10-20-7-4-5-11-25(20)26/h1-19,27-30H/t27-,28+,29+,30-/m1/s1. The molecule has 3 heterocycles. The van der Waals surface area contributed by atoms with Gasteiger partial charge in [-0.1, -0.05) is 101 Å². The molecule has 0 aromatic heterocycles. The van der Waals surface area contributed by atoms with E-state index in [0.29, 0.717) is 22.4 Å². The Balaban J connectivity index is 1.34. The number of hydrogen-bond acceptors (Lipinski definition) is 5. The summed E-state index contributed by atoms with van der Waals surface area (Å²) in [5.41, 5.74) is 1.91. The predicted octanol–water partition coefficient (Wildman–Crippen LogP) is 5.98. The largest absolute Gasteiger partial charge is 0.359 e. The number of rotatable bonds is 5. The molecule has 0 aliphatic carbocycles. The maximum Gasteiger partial charge on any atom is 0.240 e. The van der Waals surface area contributed by atoms with Gasteiger partial charge in [0.25, 0.3) is 0 Å². The van der Waals surface area contributed by atoms with E-state index in [1.807, 2.05) is 42.5 Å². The number of ketones is 2. The van der Waals surface area contributed by atoms with Crippen molar-refractivity contribution in [2.45, 2.75) is 12.1 Å². The molecule has 7 heteroatoms. The van der Waals surface area contributed by atoms with E-state index in [4.69, 9.17) is 0 Å². The van der Waals surface area contributed by atoms with Crippen LogP contribution < -0.4 is 4.90 Å². The highest BCUT2D eigenvalue weighted by atomic mass is 79.9. The molecule has 0 spiro atoms. The van der Waals surface area contributed by atoms with Crippen LogP contribution in [0.3, 0.4) is 0 Å². The summed E-state index contributed by atoms with van der Waals surface area (Å²) in [6.45, 7) is 0. The van der Waals surface area contributed by atoms with E-state index in [1.165, 1.54) is 4.90 Å². The molecule has 3 aliphatic rings. The van der Waals surface area contributed by atoms with Gasteiger partial charge in [-0.2, -0.15) is 0 Å². The third-order valence-electron chi connectivity index (χ3n) is 8.25. The molecule has 0 N–H and O–H groups in total. The number of carbonyl (C=O) groups excluding carboxylic acids is 4. The number of benzene rings is 4. The van der Waals surface area contributed by atoms with E-state index in [-0.39, 0.29) is 17.5 Å². The number of fused-ring (bicyclic) bond motifs is 4. The normalized spacial score (nSPS) is 23.0. The SMILES string of the molecule is O=C(C1=C[C@@H]2[C@@H]3C(=O)N(c4cccc5ccccc45)C(=O)[C@@H]3[C@H](C(=O)c3ccc(Br)cc3)N2C=C1)c1ccccc1. The Kier molecular flexibility index (Phi) is 6.05. The minimum absolute atomic E-state index is 0.177. The van der Waals surface area contributed by atoms with Gasteiger partial charge >= 0.3 is 0 Å². The van der Waals surface area contributed by atoms with Crippen molar-refractivity contribution in [1.82, 2.24) is 4.90 Å². The molecule has 4 atom stereocenters. The molecule has 41 heavy (non-hydrogen) atoms. The molecule has 200 valence electrons. The minimum atomic E-state index is -0.908. The quantitative estimate of drug-likeness (QED) is 0.207. The number of Topliss-reactive ketones (excluding diaryl/α,β-unsaturated/α-hetero) is 2. The third kappa shape index (κ3) is 3.99. The van der Waals surface area contributed by atoms with Gasteiger partial charge in [-0.15, -0.1) is 0 Å². The van der Waals surface area contributed by atoms with Crippen LogP contribution in [0.4, 0.5) is 5.69 Å². The highest BCUT2D eigenvalue weighted by molar-refractivity contribution is 9.10. The van der Waals surface area contributed by atoms with Crippen molar-refractivity contribution in [3.63, 3.8) is 0 Å². The fraction of sp³-hybridized carbons (Fsp3) is 0.118. The van der Waals surface area contributed by atoms with Crippen LogP contribution in [0.2, 0.25) is 0 Å². The molecule has 4 aromatic rings. The van der Waals surface area contributed by atoms with Gasteiger partial charge in [0, 0.05) is 32.8 Å². The maximum absolute atomic E-state index is 14.2. The van der Waals surface area contributed by atoms with E-state index in [1.54, 1.807) is 77.8 Å². The van der Waals surface area contributed by atoms with Crippen molar-refractivity contribution in [2.75, 3.05) is 4.90 Å². The number of carbonyl (C=O) groups is 4. The number of nitrogens with zero attached hydrogens (tertiary/aromatic N) is 2. The molecule has 2 saturated heterocycles. The Hall–Kier alpha value is -4.62. The Labute approximate surface area is 244 Å². The topological polar surface area (TPSA) is 74.8 Å². The van der Waals surface area contributed by atoms with Crippen molar-refractivity contribution < 1.29 is 19.2 Å². The molecular formula is C34H23BrN2O4. The van der Waals surface area contributed by atoms with E-state index >= 15 is 0 Å². The molecule has 3 aliphatic heterocycles. The minimum Gasteiger partial charge on any atom is -0.359 e. The number of hydrogen-bond donors (Lipinski definition) is 0. The lowest BCUT2D eigenvalue weighted by Gasteiger charge is -2.33. The fourth-order valence-electron chi connectivity index (χ4n) is 6.38. The monoisotopic (exact) mass is 602 g/mol. The molecular weight excluding hydrogens is 580 g/mol. The van der Waals surface area contributed by atoms with Crippen LogP contribution in [-0.4, -0.2) is 40.4 Å². The summed E-state index contributed by atoms with van der Waals surface area (Å²) in [5, 5.41) is 1.69. The number of anilines is 1. The summed E-state index contributed by atoms with van der Waals surface area (Å²) in [4.78, 5) is 58.9. The van der Waals surface area contributed by atoms with Crippen molar-refractivity contribution in [3.8, 4) is 0 Å². The van der Waals surface area contributed by atoms with Gasteiger partial charge in [0.05, 0.1) is 23.6 Å². The van der Waals surface area contributed by atoms with Crippen LogP contribution in [0.25, 0.3) is 10.8 Å². The molecule has 0 bridgehead atoms. The van der Waals surface area contributed by atoms with Gasteiger partial charge in [-0.05, 0) is 29.7 Å². The van der Waals surface area contributed by atoms with Crippen LogP contribution in [0.5, 0.6) is 0 Å². The van der Waals surface area contributed by atoms with Gasteiger partial charge in [0.15, 0.2) is 11.6 Å². The molecule has 2 fully saturated rings. The zero-order valence-corrected chi connectivity index (χ0v) is 23.3. The van der Waals surface area contributed by atoms with Crippen molar-refractivity contribution in [2.24, 2.45) is 11.8 Å². The summed E-state index contributed by atoms with van der Waals surface area (Å²) in [6.07, 6.45) is 5.12. The van der Waals surface area contributed by atoms with Gasteiger partial charge < -0.3 is 4.90 Å². The van der Waals surface area contributed by atoms with Crippen molar-refractivity contribution >= 4 is 55.8 Å². The van der Waals surface area contributed by atoms with Crippen molar-refractivity contribution in [3.05, 3.63) is 137 Å². The molecule has 2 amide bonds. The Morgan fingerprint density at radius 1 is 0.707 bits per heavy atom. The molecule has 0 unspecified atom stereocenters. The average Bonchev–Trinajstić information content (AvgIpc) is 3.48. The smallest absolute Gasteiger partial charge is 0.240 e. The van der Waals surface area contributed by atoms with E-state index in [0.717, 1.165) is 15.2 Å². The summed E-state index contributed by atoms with van der Waals surface area (Å²) in [5.74, 6) is -2.92. The van der Waals surface area contributed by atoms with E-state index < -0.39 is 29.8 Å². The van der Waals surface area contributed by atoms with Crippen LogP contribution in [0.1, 0.15) is 20.7 Å². The van der Waals surface area contributed by atoms with Gasteiger partial charge in [0.1, 0.15) is 6.04 Å². The van der Waals surface area contributed by atoms with Gasteiger partial charge in [-0.3, -0.25) is 19.2 Å². The van der Waals surface area contributed by atoms with Gasteiger partial charge in [0.2, 0.25) is 11.8 Å². The summed E-state index contributed by atoms with van der Waals surface area (Å²) in [6, 6.07) is 27.5. The molecule has 0 radical (unpaired) electrons. The number of amides is 2. The lowest BCUT2D eigenvalue weighted by atomic mass is 9.85. The first-order valence-electron chi connectivity index (χ1n) is 13.4.